The predicted octanol–water partition coefficient (Wildman–Crippen LogP) is 2.75. The molecule has 0 saturated heterocycles. The van der Waals surface area contributed by atoms with Gasteiger partial charge in [-0.05, 0) is 12.1 Å². The molecule has 1 aromatic carbocycles. The first-order valence-electron chi connectivity index (χ1n) is 8.90. The molecule has 0 fully saturated rings. The summed E-state index contributed by atoms with van der Waals surface area (Å²) in [5.74, 6) is -0.222. The second-order valence-electron chi connectivity index (χ2n) is 6.90. The molecule has 29 heavy (non-hydrogen) atoms. The van der Waals surface area contributed by atoms with Crippen LogP contribution < -0.4 is 16.2 Å². The Morgan fingerprint density at radius 1 is 1.52 bits per heavy atom. The van der Waals surface area contributed by atoms with Crippen LogP contribution in [0.3, 0.4) is 0 Å². The van der Waals surface area contributed by atoms with Crippen molar-refractivity contribution >= 4 is 34.4 Å². The Hall–Kier alpha value is -2.26. The smallest absolute Gasteiger partial charge is 0.249 e. The van der Waals surface area contributed by atoms with Crippen LogP contribution >= 0.6 is 22.9 Å². The number of ether oxygens (including phenoxy) is 2. The highest BCUT2D eigenvalue weighted by atomic mass is 35.5. The first-order chi connectivity index (χ1) is 13.9. The Morgan fingerprint density at radius 2 is 2.31 bits per heavy atom. The van der Waals surface area contributed by atoms with Gasteiger partial charge in [0.25, 0.3) is 0 Å². The average molecular weight is 436 g/mol. The third-order valence-electron chi connectivity index (χ3n) is 5.33. The number of aromatic nitrogens is 1. The fraction of sp³-hybridized carbons (Fsp3) is 0.300. The lowest BCUT2D eigenvalue weighted by Crippen LogP contribution is -2.40. The van der Waals surface area contributed by atoms with E-state index in [1.807, 2.05) is 5.38 Å². The Kier molecular flexibility index (Phi) is 5.20. The highest BCUT2D eigenvalue weighted by Gasteiger charge is 2.45. The number of carbonyl (C=O) groups excluding carboxylic acids is 1. The van der Waals surface area contributed by atoms with E-state index in [9.17, 15) is 4.79 Å². The zero-order valence-electron chi connectivity index (χ0n) is 15.5. The van der Waals surface area contributed by atoms with E-state index in [1.165, 1.54) is 30.6 Å². The molecule has 2 heterocycles. The maximum absolute atomic E-state index is 15.4. The molecule has 152 valence electrons. The molecule has 0 spiro atoms. The van der Waals surface area contributed by atoms with Crippen LogP contribution in [0.5, 0.6) is 5.75 Å². The van der Waals surface area contributed by atoms with E-state index in [0.717, 1.165) is 0 Å². The van der Waals surface area contributed by atoms with Crippen LogP contribution in [0.25, 0.3) is 5.57 Å². The molecule has 1 aliphatic carbocycles. The molecule has 1 aliphatic heterocycles. The molecule has 2 aromatic rings. The number of rotatable bonds is 5. The molecule has 0 bridgehead atoms. The number of halogens is 2. The average Bonchev–Trinajstić information content (AvgIpc) is 3.36. The molecular formula is C20H19ClFN3O3S. The predicted molar refractivity (Wildman–Crippen MR) is 110 cm³/mol. The maximum Gasteiger partial charge on any atom is 0.249 e. The van der Waals surface area contributed by atoms with Crippen molar-refractivity contribution < 1.29 is 18.7 Å². The highest BCUT2D eigenvalue weighted by molar-refractivity contribution is 7.07. The van der Waals surface area contributed by atoms with E-state index in [4.69, 9.17) is 32.5 Å². The minimum Gasteiger partial charge on any atom is -0.479 e. The van der Waals surface area contributed by atoms with Gasteiger partial charge in [-0.3, -0.25) is 4.79 Å². The van der Waals surface area contributed by atoms with Crippen molar-refractivity contribution in [3.05, 3.63) is 62.6 Å². The number of amides is 1. The molecule has 9 heteroatoms. The molecule has 0 radical (unpaired) electrons. The van der Waals surface area contributed by atoms with Gasteiger partial charge in [-0.1, -0.05) is 23.8 Å². The number of thiazole rings is 1. The fourth-order valence-electron chi connectivity index (χ4n) is 3.87. The molecule has 0 saturated carbocycles. The summed E-state index contributed by atoms with van der Waals surface area (Å²) in [6.07, 6.45) is 0.803. The summed E-state index contributed by atoms with van der Waals surface area (Å²) in [5, 5.41) is 2.16. The Labute approximate surface area is 176 Å². The summed E-state index contributed by atoms with van der Waals surface area (Å²) in [5.41, 5.74) is 14.3. The number of benzene rings is 1. The fourth-order valence-corrected chi connectivity index (χ4v) is 4.79. The first kappa shape index (κ1) is 20.0. The van der Waals surface area contributed by atoms with E-state index < -0.39 is 23.8 Å². The number of alkyl halides is 1. The van der Waals surface area contributed by atoms with Crippen LogP contribution in [0.15, 0.2) is 40.7 Å². The van der Waals surface area contributed by atoms with Crippen LogP contribution in [0.4, 0.5) is 4.39 Å². The number of primary amides is 1. The second kappa shape index (κ2) is 7.53. The van der Waals surface area contributed by atoms with Crippen LogP contribution in [-0.2, 0) is 21.6 Å². The summed E-state index contributed by atoms with van der Waals surface area (Å²) in [7, 11) is 1.40. The Bertz CT molecular complexity index is 1020. The van der Waals surface area contributed by atoms with Crippen LogP contribution in [0.1, 0.15) is 16.8 Å². The zero-order valence-corrected chi connectivity index (χ0v) is 17.1. The third kappa shape index (κ3) is 3.16. The molecule has 4 rings (SSSR count). The molecule has 4 N–H and O–H groups in total. The monoisotopic (exact) mass is 435 g/mol. The van der Waals surface area contributed by atoms with Crippen molar-refractivity contribution in [2.75, 3.05) is 13.7 Å². The minimum absolute atomic E-state index is 0.0556. The van der Waals surface area contributed by atoms with E-state index in [0.29, 0.717) is 34.0 Å². The van der Waals surface area contributed by atoms with Crippen molar-refractivity contribution in [3.8, 4) is 5.75 Å². The van der Waals surface area contributed by atoms with Crippen molar-refractivity contribution in [2.45, 2.75) is 24.3 Å². The van der Waals surface area contributed by atoms with Gasteiger partial charge in [-0.15, -0.1) is 11.3 Å². The standard InChI is InChI=1S/C20H19ClFN3O3S/c1-27-14-4-2-10(19(24)26)17(18(14)22)16-11-6-20(8-23,15-7-29-9-25-15)28-13(11)5-3-12(16)21/h2-5,7,9,14,18H,6,8,23H2,1H3,(H2,24,26)/t14-,18?,20+/m0/s1. The quantitative estimate of drug-likeness (QED) is 0.752. The van der Waals surface area contributed by atoms with Gasteiger partial charge >= 0.3 is 0 Å². The summed E-state index contributed by atoms with van der Waals surface area (Å²) in [6.45, 7) is 0.170. The SMILES string of the molecule is CO[C@H]1C=CC(C(N)=O)=C(c2c(Cl)ccc3c2C[C@@](CN)(c2cscn2)O3)C1F. The van der Waals surface area contributed by atoms with Crippen molar-refractivity contribution in [3.63, 3.8) is 0 Å². The summed E-state index contributed by atoms with van der Waals surface area (Å²) in [6, 6.07) is 3.33. The van der Waals surface area contributed by atoms with Gasteiger partial charge in [0.1, 0.15) is 11.9 Å². The highest BCUT2D eigenvalue weighted by Crippen LogP contribution is 2.48. The molecule has 1 aromatic heterocycles. The lowest BCUT2D eigenvalue weighted by atomic mass is 9.83. The summed E-state index contributed by atoms with van der Waals surface area (Å²) >= 11 is 7.94. The van der Waals surface area contributed by atoms with Gasteiger partial charge in [-0.2, -0.15) is 0 Å². The Morgan fingerprint density at radius 3 is 2.93 bits per heavy atom. The van der Waals surface area contributed by atoms with E-state index in [1.54, 1.807) is 17.6 Å². The number of nitrogens with two attached hydrogens (primary N) is 2. The van der Waals surface area contributed by atoms with E-state index in [2.05, 4.69) is 4.98 Å². The van der Waals surface area contributed by atoms with Crippen LogP contribution in [0.2, 0.25) is 5.02 Å². The number of carbonyl (C=O) groups is 1. The number of hydrogen-bond donors (Lipinski definition) is 2. The van der Waals surface area contributed by atoms with E-state index in [-0.39, 0.29) is 17.7 Å². The molecule has 3 atom stereocenters. The van der Waals surface area contributed by atoms with Gasteiger partial charge < -0.3 is 20.9 Å². The maximum atomic E-state index is 15.4. The third-order valence-corrected chi connectivity index (χ3v) is 6.23. The van der Waals surface area contributed by atoms with Gasteiger partial charge in [0.05, 0.1) is 11.2 Å². The molecule has 2 aliphatic rings. The summed E-state index contributed by atoms with van der Waals surface area (Å²) in [4.78, 5) is 16.4. The Balaban J connectivity index is 1.91. The molecular weight excluding hydrogens is 417 g/mol. The molecule has 1 unspecified atom stereocenters. The van der Waals surface area contributed by atoms with Gasteiger partial charge in [0, 0.05) is 52.8 Å². The number of hydrogen-bond acceptors (Lipinski definition) is 6. The topological polar surface area (TPSA) is 100 Å². The zero-order chi connectivity index (χ0) is 20.8. The largest absolute Gasteiger partial charge is 0.479 e. The van der Waals surface area contributed by atoms with Gasteiger partial charge in [0.15, 0.2) is 11.8 Å². The molecule has 6 nitrogen and oxygen atoms in total. The first-order valence-corrected chi connectivity index (χ1v) is 10.2. The number of methoxy groups -OCH3 is 1. The lowest BCUT2D eigenvalue weighted by Gasteiger charge is -2.27. The van der Waals surface area contributed by atoms with Crippen LogP contribution in [-0.4, -0.2) is 36.8 Å². The lowest BCUT2D eigenvalue weighted by molar-refractivity contribution is -0.114. The normalized spacial score (nSPS) is 25.8. The van der Waals surface area contributed by atoms with Crippen molar-refractivity contribution in [1.29, 1.82) is 0 Å². The van der Waals surface area contributed by atoms with Gasteiger partial charge in [-0.25, -0.2) is 9.37 Å². The minimum atomic E-state index is -1.62. The molecule has 1 amide bonds. The van der Waals surface area contributed by atoms with Crippen LogP contribution in [0, 0.1) is 0 Å². The summed E-state index contributed by atoms with van der Waals surface area (Å²) < 4.78 is 26.8. The van der Waals surface area contributed by atoms with Crippen molar-refractivity contribution in [1.82, 2.24) is 4.98 Å². The van der Waals surface area contributed by atoms with Gasteiger partial charge in [0.2, 0.25) is 5.91 Å². The van der Waals surface area contributed by atoms with Crippen molar-refractivity contribution in [2.24, 2.45) is 11.5 Å². The number of nitrogens with zero attached hydrogens (tertiary/aromatic N) is 1. The second-order valence-corrected chi connectivity index (χ2v) is 8.03. The van der Waals surface area contributed by atoms with E-state index >= 15 is 4.39 Å². The number of fused-ring (bicyclic) bond motifs is 1.